The van der Waals surface area contributed by atoms with Crippen molar-refractivity contribution in [3.8, 4) is 0 Å². The predicted molar refractivity (Wildman–Crippen MR) is 39.4 cm³/mol. The van der Waals surface area contributed by atoms with Crippen LogP contribution in [0.15, 0.2) is 0 Å². The smallest absolute Gasteiger partial charge is 0.196 e. The van der Waals surface area contributed by atoms with Crippen molar-refractivity contribution in [1.82, 2.24) is 0 Å². The van der Waals surface area contributed by atoms with Gasteiger partial charge in [-0.2, -0.15) is 0 Å². The maximum atomic E-state index is 10.6. The topological polar surface area (TPSA) is 66.9 Å². The highest BCUT2D eigenvalue weighted by atomic mass is 32.2. The monoisotopic (exact) mass is 146 g/mol. The molecular formula is C5H10N2OS. The SMILES string of the molecule is CCCC(=O)SC(=N)N. The van der Waals surface area contributed by atoms with Crippen LogP contribution in [0.2, 0.25) is 0 Å². The molecule has 0 bridgehead atoms. The third-order valence-corrected chi connectivity index (χ3v) is 1.33. The summed E-state index contributed by atoms with van der Waals surface area (Å²) >= 11 is 0.801. The van der Waals surface area contributed by atoms with Gasteiger partial charge in [0.2, 0.25) is 0 Å². The van der Waals surface area contributed by atoms with E-state index in [1.165, 1.54) is 0 Å². The van der Waals surface area contributed by atoms with Crippen molar-refractivity contribution >= 4 is 22.0 Å². The van der Waals surface area contributed by atoms with Gasteiger partial charge in [-0.1, -0.05) is 6.92 Å². The first-order chi connectivity index (χ1) is 4.16. The molecule has 0 saturated heterocycles. The third kappa shape index (κ3) is 5.36. The van der Waals surface area contributed by atoms with Gasteiger partial charge in [-0.15, -0.1) is 0 Å². The lowest BCUT2D eigenvalue weighted by atomic mass is 10.4. The number of amidine groups is 1. The summed E-state index contributed by atoms with van der Waals surface area (Å²) in [5, 5.41) is 6.58. The number of carbonyl (C=O) groups is 1. The molecule has 0 saturated carbocycles. The highest BCUT2D eigenvalue weighted by Crippen LogP contribution is 2.04. The van der Waals surface area contributed by atoms with Gasteiger partial charge in [0, 0.05) is 6.42 Å². The Labute approximate surface area is 58.5 Å². The molecule has 0 unspecified atom stereocenters. The minimum Gasteiger partial charge on any atom is -0.378 e. The second-order valence-corrected chi connectivity index (χ2v) is 2.69. The lowest BCUT2D eigenvalue weighted by Gasteiger charge is -1.92. The van der Waals surface area contributed by atoms with Gasteiger partial charge in [-0.3, -0.25) is 10.2 Å². The molecule has 0 fully saturated rings. The van der Waals surface area contributed by atoms with E-state index >= 15 is 0 Å². The average Bonchev–Trinajstić information content (AvgIpc) is 1.63. The number of hydrogen-bond acceptors (Lipinski definition) is 3. The van der Waals surface area contributed by atoms with Gasteiger partial charge < -0.3 is 5.73 Å². The predicted octanol–water partition coefficient (Wildman–Crippen LogP) is 0.940. The Hall–Kier alpha value is -0.510. The molecule has 0 atom stereocenters. The van der Waals surface area contributed by atoms with E-state index in [-0.39, 0.29) is 10.3 Å². The molecule has 0 aromatic rings. The summed E-state index contributed by atoms with van der Waals surface area (Å²) in [7, 11) is 0. The van der Waals surface area contributed by atoms with Gasteiger partial charge in [-0.25, -0.2) is 0 Å². The number of thioether (sulfide) groups is 1. The average molecular weight is 146 g/mol. The summed E-state index contributed by atoms with van der Waals surface area (Å²) in [4.78, 5) is 10.6. The van der Waals surface area contributed by atoms with E-state index < -0.39 is 0 Å². The van der Waals surface area contributed by atoms with Crippen LogP contribution < -0.4 is 5.73 Å². The molecule has 3 N–H and O–H groups in total. The van der Waals surface area contributed by atoms with E-state index in [1.807, 2.05) is 6.92 Å². The van der Waals surface area contributed by atoms with Crippen LogP contribution in [-0.4, -0.2) is 10.3 Å². The van der Waals surface area contributed by atoms with Crippen molar-refractivity contribution < 1.29 is 4.79 Å². The molecule has 0 heterocycles. The first kappa shape index (κ1) is 8.49. The number of rotatable bonds is 2. The van der Waals surface area contributed by atoms with Crippen LogP contribution in [0.1, 0.15) is 19.8 Å². The second kappa shape index (κ2) is 4.38. The molecule has 0 aliphatic heterocycles. The number of nitrogens with one attached hydrogen (secondary N) is 1. The molecule has 0 rings (SSSR count). The summed E-state index contributed by atoms with van der Waals surface area (Å²) in [5.74, 6) is 0. The van der Waals surface area contributed by atoms with Crippen molar-refractivity contribution in [2.75, 3.05) is 0 Å². The van der Waals surface area contributed by atoms with E-state index in [0.29, 0.717) is 6.42 Å². The number of carbonyl (C=O) groups excluding carboxylic acids is 1. The normalized spacial score (nSPS) is 9.00. The fourth-order valence-corrected chi connectivity index (χ4v) is 0.929. The molecule has 0 radical (unpaired) electrons. The van der Waals surface area contributed by atoms with Crippen LogP contribution in [-0.2, 0) is 4.79 Å². The Balaban J connectivity index is 3.39. The highest BCUT2D eigenvalue weighted by molar-refractivity contribution is 8.26. The third-order valence-electron chi connectivity index (χ3n) is 0.678. The van der Waals surface area contributed by atoms with Gasteiger partial charge in [-0.05, 0) is 18.2 Å². The first-order valence-electron chi connectivity index (χ1n) is 2.71. The van der Waals surface area contributed by atoms with Crippen molar-refractivity contribution in [3.63, 3.8) is 0 Å². The number of nitrogens with two attached hydrogens (primary N) is 1. The van der Waals surface area contributed by atoms with E-state index in [1.54, 1.807) is 0 Å². The zero-order chi connectivity index (χ0) is 7.28. The Morgan fingerprint density at radius 3 is 2.67 bits per heavy atom. The van der Waals surface area contributed by atoms with Gasteiger partial charge in [0.1, 0.15) is 0 Å². The summed E-state index contributed by atoms with van der Waals surface area (Å²) in [6.07, 6.45) is 1.32. The minimum atomic E-state index is -0.117. The van der Waals surface area contributed by atoms with Crippen LogP contribution in [0.3, 0.4) is 0 Å². The van der Waals surface area contributed by atoms with Crippen LogP contribution in [0.4, 0.5) is 0 Å². The summed E-state index contributed by atoms with van der Waals surface area (Å²) in [6, 6.07) is 0. The molecule has 52 valence electrons. The molecule has 0 spiro atoms. The lowest BCUT2D eigenvalue weighted by Crippen LogP contribution is -2.07. The van der Waals surface area contributed by atoms with Crippen LogP contribution in [0, 0.1) is 5.41 Å². The molecule has 3 nitrogen and oxygen atoms in total. The van der Waals surface area contributed by atoms with E-state index in [0.717, 1.165) is 18.2 Å². The van der Waals surface area contributed by atoms with Crippen LogP contribution in [0.5, 0.6) is 0 Å². The molecule has 0 aliphatic carbocycles. The molecule has 9 heavy (non-hydrogen) atoms. The molecule has 0 aromatic carbocycles. The fraction of sp³-hybridized carbons (Fsp3) is 0.600. The summed E-state index contributed by atoms with van der Waals surface area (Å²) in [5.41, 5.74) is 4.95. The van der Waals surface area contributed by atoms with Crippen molar-refractivity contribution in [1.29, 1.82) is 5.41 Å². The van der Waals surface area contributed by atoms with Crippen molar-refractivity contribution in [2.24, 2.45) is 5.73 Å². The largest absolute Gasteiger partial charge is 0.378 e. The van der Waals surface area contributed by atoms with Gasteiger partial charge in [0.15, 0.2) is 10.3 Å². The number of hydrogen-bond donors (Lipinski definition) is 2. The molecule has 4 heteroatoms. The first-order valence-corrected chi connectivity index (χ1v) is 3.53. The Morgan fingerprint density at radius 1 is 1.78 bits per heavy atom. The van der Waals surface area contributed by atoms with Crippen molar-refractivity contribution in [3.05, 3.63) is 0 Å². The van der Waals surface area contributed by atoms with E-state index in [4.69, 9.17) is 11.1 Å². The molecular weight excluding hydrogens is 136 g/mol. The second-order valence-electron chi connectivity index (χ2n) is 1.59. The van der Waals surface area contributed by atoms with Gasteiger partial charge in [0.25, 0.3) is 0 Å². The zero-order valence-corrected chi connectivity index (χ0v) is 6.12. The van der Waals surface area contributed by atoms with E-state index in [2.05, 4.69) is 0 Å². The van der Waals surface area contributed by atoms with Crippen molar-refractivity contribution in [2.45, 2.75) is 19.8 Å². The summed E-state index contributed by atoms with van der Waals surface area (Å²) in [6.45, 7) is 1.92. The Bertz CT molecular complexity index is 124. The quantitative estimate of drug-likeness (QED) is 0.450. The standard InChI is InChI=1S/C5H10N2OS/c1-2-3-4(8)9-5(6)7/h2-3H2,1H3,(H3,6,7). The maximum absolute atomic E-state index is 10.6. The Morgan fingerprint density at radius 2 is 2.33 bits per heavy atom. The fourth-order valence-electron chi connectivity index (χ4n) is 0.378. The minimum absolute atomic E-state index is 0.0231. The highest BCUT2D eigenvalue weighted by Gasteiger charge is 2.01. The van der Waals surface area contributed by atoms with Crippen LogP contribution in [0.25, 0.3) is 0 Å². The molecule has 0 aromatic heterocycles. The zero-order valence-electron chi connectivity index (χ0n) is 5.31. The van der Waals surface area contributed by atoms with Gasteiger partial charge in [0.05, 0.1) is 0 Å². The molecule has 0 aliphatic rings. The summed E-state index contributed by atoms with van der Waals surface area (Å²) < 4.78 is 0. The lowest BCUT2D eigenvalue weighted by molar-refractivity contribution is -0.110. The maximum Gasteiger partial charge on any atom is 0.196 e. The van der Waals surface area contributed by atoms with Crippen LogP contribution >= 0.6 is 11.8 Å². The Kier molecular flexibility index (Phi) is 4.13. The van der Waals surface area contributed by atoms with Gasteiger partial charge >= 0.3 is 0 Å². The van der Waals surface area contributed by atoms with E-state index in [9.17, 15) is 4.79 Å². The molecule has 0 amide bonds.